The topological polar surface area (TPSA) is 4.93 Å². The fourth-order valence-corrected chi connectivity index (χ4v) is 2.49. The summed E-state index contributed by atoms with van der Waals surface area (Å²) < 4.78 is 3.39. The number of aromatic nitrogens is 1. The molecule has 0 amide bonds. The molecule has 20 heavy (non-hydrogen) atoms. The normalized spacial score (nSPS) is 9.95. The Hall–Kier alpha value is -1.80. The fourth-order valence-electron chi connectivity index (χ4n) is 2.23. The molecule has 0 spiro atoms. The van der Waals surface area contributed by atoms with E-state index < -0.39 is 0 Å². The minimum atomic E-state index is 1.11. The summed E-state index contributed by atoms with van der Waals surface area (Å²) in [5, 5.41) is 1.29. The van der Waals surface area contributed by atoms with Crippen molar-refractivity contribution in [2.24, 2.45) is 0 Å². The van der Waals surface area contributed by atoms with Crippen LogP contribution < -0.4 is 0 Å². The van der Waals surface area contributed by atoms with E-state index in [1.807, 2.05) is 6.92 Å². The van der Waals surface area contributed by atoms with E-state index in [0.717, 1.165) is 4.47 Å². The molecular weight excluding hydrogens is 310 g/mol. The van der Waals surface area contributed by atoms with Gasteiger partial charge in [-0.15, -0.1) is 6.58 Å². The molecule has 0 atom stereocenters. The number of hydrogen-bond acceptors (Lipinski definition) is 0. The molecular formula is C18H18BrN. The van der Waals surface area contributed by atoms with Crippen molar-refractivity contribution >= 4 is 26.8 Å². The summed E-state index contributed by atoms with van der Waals surface area (Å²) in [6.45, 7) is 7.39. The molecule has 0 aliphatic heterocycles. The van der Waals surface area contributed by atoms with E-state index in [4.69, 9.17) is 0 Å². The van der Waals surface area contributed by atoms with Crippen molar-refractivity contribution in [1.82, 2.24) is 4.57 Å². The number of fused-ring (bicyclic) bond motifs is 1. The van der Waals surface area contributed by atoms with Crippen LogP contribution in [0.5, 0.6) is 0 Å². The third kappa shape index (κ3) is 3.02. The molecule has 0 N–H and O–H groups in total. The van der Waals surface area contributed by atoms with Crippen LogP contribution in [0.1, 0.15) is 12.6 Å². The number of aryl methyl sites for hydroxylation is 1. The Kier molecular flexibility index (Phi) is 4.80. The molecule has 2 heteroatoms. The average Bonchev–Trinajstić information content (AvgIpc) is 2.77. The Morgan fingerprint density at radius 1 is 1.05 bits per heavy atom. The second kappa shape index (κ2) is 6.58. The van der Waals surface area contributed by atoms with Gasteiger partial charge in [-0.25, -0.2) is 0 Å². The zero-order valence-corrected chi connectivity index (χ0v) is 13.4. The lowest BCUT2D eigenvalue weighted by Crippen LogP contribution is -1.95. The molecule has 0 saturated carbocycles. The number of allylic oxidation sites excluding steroid dienone is 1. The molecule has 1 aromatic heterocycles. The van der Waals surface area contributed by atoms with Gasteiger partial charge in [0.2, 0.25) is 0 Å². The molecule has 0 radical (unpaired) electrons. The van der Waals surface area contributed by atoms with Gasteiger partial charge in [-0.3, -0.25) is 0 Å². The lowest BCUT2D eigenvalue weighted by molar-refractivity contribution is 1.05. The quantitative estimate of drug-likeness (QED) is 0.491. The minimum absolute atomic E-state index is 1.11. The van der Waals surface area contributed by atoms with Gasteiger partial charge < -0.3 is 4.57 Å². The van der Waals surface area contributed by atoms with Crippen LogP contribution in [0.4, 0.5) is 0 Å². The van der Waals surface area contributed by atoms with Gasteiger partial charge in [-0.2, -0.15) is 0 Å². The highest BCUT2D eigenvalue weighted by atomic mass is 79.9. The van der Waals surface area contributed by atoms with E-state index in [0.29, 0.717) is 0 Å². The summed E-state index contributed by atoms with van der Waals surface area (Å²) in [7, 11) is 0. The molecule has 3 aromatic rings. The van der Waals surface area contributed by atoms with Crippen LogP contribution >= 0.6 is 15.9 Å². The number of para-hydroxylation sites is 1. The van der Waals surface area contributed by atoms with Gasteiger partial charge in [-0.1, -0.05) is 40.2 Å². The third-order valence-corrected chi connectivity index (χ3v) is 3.51. The Balaban J connectivity index is 0.000000452. The van der Waals surface area contributed by atoms with E-state index in [-0.39, 0.29) is 0 Å². The van der Waals surface area contributed by atoms with E-state index in [1.54, 1.807) is 6.08 Å². The Morgan fingerprint density at radius 2 is 1.65 bits per heavy atom. The maximum Gasteiger partial charge on any atom is 0.0531 e. The van der Waals surface area contributed by atoms with Crippen molar-refractivity contribution in [3.63, 3.8) is 0 Å². The van der Waals surface area contributed by atoms with Gasteiger partial charge in [0.25, 0.3) is 0 Å². The van der Waals surface area contributed by atoms with Crippen LogP contribution in [0.2, 0.25) is 0 Å². The lowest BCUT2D eigenvalue weighted by Gasteiger charge is -2.08. The summed E-state index contributed by atoms with van der Waals surface area (Å²) in [6, 6.07) is 19.1. The summed E-state index contributed by atoms with van der Waals surface area (Å²) in [5.74, 6) is 0. The first-order valence-corrected chi connectivity index (χ1v) is 7.36. The van der Waals surface area contributed by atoms with Crippen molar-refractivity contribution in [2.75, 3.05) is 0 Å². The Bertz CT molecular complexity index is 708. The number of benzene rings is 2. The van der Waals surface area contributed by atoms with E-state index in [9.17, 15) is 0 Å². The second-order valence-electron chi connectivity index (χ2n) is 4.56. The number of rotatable bonds is 1. The molecule has 0 saturated heterocycles. The predicted octanol–water partition coefficient (Wildman–Crippen LogP) is 5.89. The number of hydrogen-bond donors (Lipinski definition) is 0. The van der Waals surface area contributed by atoms with Gasteiger partial charge in [-0.05, 0) is 50.2 Å². The van der Waals surface area contributed by atoms with E-state index in [2.05, 4.69) is 88.6 Å². The van der Waals surface area contributed by atoms with E-state index >= 15 is 0 Å². The first kappa shape index (κ1) is 14.6. The SMILES string of the molecule is C=CC.Cc1cc2ccccc2n1-c1ccc(Br)cc1. The molecule has 1 nitrogen and oxygen atoms in total. The molecule has 0 aliphatic carbocycles. The standard InChI is InChI=1S/C15H12BrN.C3H6/c1-11-10-12-4-2-3-5-15(12)17(11)14-8-6-13(16)7-9-14;1-3-2/h2-10H,1H3;3H,1H2,2H3. The molecule has 0 unspecified atom stereocenters. The summed E-state index contributed by atoms with van der Waals surface area (Å²) >= 11 is 3.47. The van der Waals surface area contributed by atoms with Crippen LogP contribution in [0.25, 0.3) is 16.6 Å². The zero-order valence-electron chi connectivity index (χ0n) is 11.8. The minimum Gasteiger partial charge on any atom is -0.314 e. The van der Waals surface area contributed by atoms with Gasteiger partial charge in [0.15, 0.2) is 0 Å². The highest BCUT2D eigenvalue weighted by Crippen LogP contribution is 2.24. The number of nitrogens with zero attached hydrogens (tertiary/aromatic N) is 1. The van der Waals surface area contributed by atoms with Crippen LogP contribution in [0, 0.1) is 6.92 Å². The van der Waals surface area contributed by atoms with Crippen molar-refractivity contribution in [1.29, 1.82) is 0 Å². The molecule has 3 rings (SSSR count). The summed E-state index contributed by atoms with van der Waals surface area (Å²) in [6.07, 6.45) is 1.75. The molecule has 2 aromatic carbocycles. The lowest BCUT2D eigenvalue weighted by atomic mass is 10.2. The van der Waals surface area contributed by atoms with E-state index in [1.165, 1.54) is 22.3 Å². The van der Waals surface area contributed by atoms with Crippen molar-refractivity contribution < 1.29 is 0 Å². The van der Waals surface area contributed by atoms with Crippen molar-refractivity contribution in [3.8, 4) is 5.69 Å². The van der Waals surface area contributed by atoms with Crippen molar-refractivity contribution in [3.05, 3.63) is 77.4 Å². The Morgan fingerprint density at radius 3 is 2.30 bits per heavy atom. The van der Waals surface area contributed by atoms with Gasteiger partial charge in [0.1, 0.15) is 0 Å². The highest BCUT2D eigenvalue weighted by molar-refractivity contribution is 9.10. The van der Waals surface area contributed by atoms with Gasteiger partial charge >= 0.3 is 0 Å². The monoisotopic (exact) mass is 327 g/mol. The molecule has 1 heterocycles. The molecule has 0 bridgehead atoms. The van der Waals surface area contributed by atoms with Crippen LogP contribution in [-0.2, 0) is 0 Å². The zero-order chi connectivity index (χ0) is 14.5. The predicted molar refractivity (Wildman–Crippen MR) is 91.6 cm³/mol. The maximum absolute atomic E-state index is 3.47. The average molecular weight is 328 g/mol. The molecule has 0 aliphatic rings. The summed E-state index contributed by atoms with van der Waals surface area (Å²) in [4.78, 5) is 0. The van der Waals surface area contributed by atoms with Crippen molar-refractivity contribution in [2.45, 2.75) is 13.8 Å². The molecule has 102 valence electrons. The largest absolute Gasteiger partial charge is 0.314 e. The van der Waals surface area contributed by atoms with Crippen LogP contribution in [0.3, 0.4) is 0 Å². The smallest absolute Gasteiger partial charge is 0.0531 e. The van der Waals surface area contributed by atoms with Gasteiger partial charge in [0.05, 0.1) is 5.52 Å². The highest BCUT2D eigenvalue weighted by Gasteiger charge is 2.06. The number of halogens is 1. The van der Waals surface area contributed by atoms with Crippen LogP contribution in [-0.4, -0.2) is 4.57 Å². The second-order valence-corrected chi connectivity index (χ2v) is 5.48. The molecule has 0 fully saturated rings. The Labute approximate surface area is 128 Å². The maximum atomic E-state index is 3.47. The first-order valence-electron chi connectivity index (χ1n) is 6.57. The van der Waals surface area contributed by atoms with Gasteiger partial charge in [0, 0.05) is 21.2 Å². The summed E-state index contributed by atoms with van der Waals surface area (Å²) in [5.41, 5.74) is 3.72. The van der Waals surface area contributed by atoms with Crippen LogP contribution in [0.15, 0.2) is 71.7 Å². The first-order chi connectivity index (χ1) is 9.67. The third-order valence-electron chi connectivity index (χ3n) is 2.98. The fraction of sp³-hybridized carbons (Fsp3) is 0.111.